The normalized spacial score (nSPS) is 14.6. The number of aromatic nitrogens is 3. The van der Waals surface area contributed by atoms with E-state index in [-0.39, 0.29) is 33.7 Å². The highest BCUT2D eigenvalue weighted by atomic mass is 32.2. The summed E-state index contributed by atoms with van der Waals surface area (Å²) in [5.41, 5.74) is -0.839. The van der Waals surface area contributed by atoms with Gasteiger partial charge in [0.1, 0.15) is 5.82 Å². The third kappa shape index (κ3) is 8.64. The Kier molecular flexibility index (Phi) is 11.8. The molecule has 264 valence electrons. The molecule has 0 saturated heterocycles. The second-order valence-electron chi connectivity index (χ2n) is 10.5. The maximum absolute atomic E-state index is 13.1. The van der Waals surface area contributed by atoms with Crippen LogP contribution in [0.5, 0.6) is 0 Å². The lowest BCUT2D eigenvalue weighted by atomic mass is 9.73. The van der Waals surface area contributed by atoms with Crippen molar-refractivity contribution >= 4 is 43.8 Å². The first kappa shape index (κ1) is 38.4. The Balaban J connectivity index is 2.10. The molecule has 48 heavy (non-hydrogen) atoms. The summed E-state index contributed by atoms with van der Waals surface area (Å²) in [5, 5.41) is 0.541. The van der Waals surface area contributed by atoms with Gasteiger partial charge in [-0.25, -0.2) is 9.97 Å². The van der Waals surface area contributed by atoms with Crippen LogP contribution in [0.3, 0.4) is 0 Å². The van der Waals surface area contributed by atoms with E-state index in [2.05, 4.69) is 23.3 Å². The predicted octanol–water partition coefficient (Wildman–Crippen LogP) is 8.22. The Bertz CT molecular complexity index is 1730. The van der Waals surface area contributed by atoms with Crippen LogP contribution in [0.25, 0.3) is 11.1 Å². The quantitative estimate of drug-likeness (QED) is 0.0644. The standard InChI is InChI=1S/C29H31F6N3O6S4/c1-4-7-8-9-10-15-27(24-36-25(45-5-2)38-26(37-24)46-6-3)22-16-18(47(39,40)43-28(30,31)32)11-13-20(22)21-14-12-19(17-23(21)27)48(41,42)44-29(33,34)35/h11-14,16-17H,4-10,15H2,1-3H3. The molecule has 1 aliphatic carbocycles. The second kappa shape index (κ2) is 14.8. The average molecular weight is 760 g/mol. The Morgan fingerprint density at radius 1 is 0.667 bits per heavy atom. The summed E-state index contributed by atoms with van der Waals surface area (Å²) in [6.45, 7) is 5.70. The van der Waals surface area contributed by atoms with Gasteiger partial charge in [-0.1, -0.05) is 88.5 Å². The fraction of sp³-hybridized carbons (Fsp3) is 0.483. The van der Waals surface area contributed by atoms with Crippen LogP contribution in [0, 0.1) is 0 Å². The molecule has 9 nitrogen and oxygen atoms in total. The Morgan fingerprint density at radius 2 is 1.10 bits per heavy atom. The van der Waals surface area contributed by atoms with Gasteiger partial charge in [0.05, 0.1) is 15.2 Å². The van der Waals surface area contributed by atoms with Crippen LogP contribution in [-0.2, 0) is 34.0 Å². The van der Waals surface area contributed by atoms with Gasteiger partial charge in [-0.05, 0) is 64.4 Å². The third-order valence-corrected chi connectivity index (χ3v) is 11.3. The molecule has 0 atom stereocenters. The second-order valence-corrected chi connectivity index (χ2v) is 16.1. The number of thioether (sulfide) groups is 2. The minimum atomic E-state index is -5.54. The van der Waals surface area contributed by atoms with Gasteiger partial charge in [0, 0.05) is 0 Å². The molecular weight excluding hydrogens is 729 g/mol. The molecule has 0 fully saturated rings. The zero-order valence-electron chi connectivity index (χ0n) is 25.8. The molecule has 0 N–H and O–H groups in total. The van der Waals surface area contributed by atoms with Crippen molar-refractivity contribution in [1.82, 2.24) is 15.0 Å². The molecule has 4 rings (SSSR count). The summed E-state index contributed by atoms with van der Waals surface area (Å²) >= 11 is 2.51. The van der Waals surface area contributed by atoms with Gasteiger partial charge in [-0.2, -0.15) is 30.2 Å². The fourth-order valence-corrected chi connectivity index (χ4v) is 8.42. The summed E-state index contributed by atoms with van der Waals surface area (Å²) < 4.78 is 137. The monoisotopic (exact) mass is 759 g/mol. The zero-order valence-corrected chi connectivity index (χ0v) is 29.1. The topological polar surface area (TPSA) is 125 Å². The van der Waals surface area contributed by atoms with Crippen LogP contribution in [0.1, 0.15) is 76.2 Å². The number of alkyl halides is 6. The van der Waals surface area contributed by atoms with Gasteiger partial charge in [0.15, 0.2) is 10.3 Å². The van der Waals surface area contributed by atoms with Gasteiger partial charge in [-0.3, -0.25) is 0 Å². The highest BCUT2D eigenvalue weighted by Gasteiger charge is 2.49. The number of hydrogen-bond acceptors (Lipinski definition) is 11. The number of fused-ring (bicyclic) bond motifs is 3. The van der Waals surface area contributed by atoms with Crippen LogP contribution in [0.15, 0.2) is 56.5 Å². The Labute approximate surface area is 282 Å². The van der Waals surface area contributed by atoms with Gasteiger partial charge in [0.25, 0.3) is 0 Å². The molecule has 0 bridgehead atoms. The van der Waals surface area contributed by atoms with Crippen LogP contribution in [0.4, 0.5) is 26.3 Å². The number of nitrogens with zero attached hydrogens (tertiary/aromatic N) is 3. The summed E-state index contributed by atoms with van der Waals surface area (Å²) in [7, 11) is -10.8. The van der Waals surface area contributed by atoms with Crippen molar-refractivity contribution in [2.24, 2.45) is 0 Å². The minimum Gasteiger partial charge on any atom is -0.206 e. The van der Waals surface area contributed by atoms with Crippen LogP contribution in [-0.4, -0.2) is 56.0 Å². The van der Waals surface area contributed by atoms with E-state index in [1.807, 2.05) is 20.8 Å². The highest BCUT2D eigenvalue weighted by Crippen LogP contribution is 2.55. The third-order valence-electron chi connectivity index (χ3n) is 7.36. The van der Waals surface area contributed by atoms with E-state index in [0.29, 0.717) is 35.5 Å². The lowest BCUT2D eigenvalue weighted by Gasteiger charge is -2.31. The first-order valence-corrected chi connectivity index (χ1v) is 19.5. The number of rotatable bonds is 15. The lowest BCUT2D eigenvalue weighted by molar-refractivity contribution is -0.273. The fourth-order valence-electron chi connectivity index (χ4n) is 5.56. The van der Waals surface area contributed by atoms with Crippen molar-refractivity contribution in [2.45, 2.75) is 97.5 Å². The molecule has 0 amide bonds. The van der Waals surface area contributed by atoms with Crippen molar-refractivity contribution in [3.63, 3.8) is 0 Å². The first-order chi connectivity index (χ1) is 22.4. The molecule has 1 heterocycles. The van der Waals surface area contributed by atoms with E-state index >= 15 is 0 Å². The van der Waals surface area contributed by atoms with E-state index in [4.69, 9.17) is 0 Å². The average Bonchev–Trinajstić information content (AvgIpc) is 3.24. The molecule has 1 aliphatic rings. The lowest BCUT2D eigenvalue weighted by Crippen LogP contribution is -2.31. The summed E-state index contributed by atoms with van der Waals surface area (Å²) in [6.07, 6.45) is -7.35. The number of halogens is 6. The molecule has 0 radical (unpaired) electrons. The van der Waals surface area contributed by atoms with Gasteiger partial charge < -0.3 is 0 Å². The number of unbranched alkanes of at least 4 members (excludes halogenated alkanes) is 4. The molecular formula is C29H31F6N3O6S4. The molecule has 2 aromatic carbocycles. The molecule has 3 aromatic rings. The Morgan fingerprint density at radius 3 is 1.50 bits per heavy atom. The maximum Gasteiger partial charge on any atom is 0.537 e. The number of hydrogen-bond donors (Lipinski definition) is 0. The summed E-state index contributed by atoms with van der Waals surface area (Å²) in [6, 6.07) is 6.28. The van der Waals surface area contributed by atoms with E-state index < -0.39 is 48.2 Å². The molecule has 0 saturated carbocycles. The maximum atomic E-state index is 13.1. The minimum absolute atomic E-state index is 0.0254. The van der Waals surface area contributed by atoms with E-state index in [1.54, 1.807) is 0 Å². The smallest absolute Gasteiger partial charge is 0.206 e. The van der Waals surface area contributed by atoms with Gasteiger partial charge >= 0.3 is 33.0 Å². The van der Waals surface area contributed by atoms with Crippen LogP contribution in [0.2, 0.25) is 0 Å². The van der Waals surface area contributed by atoms with Crippen LogP contribution >= 0.6 is 23.5 Å². The van der Waals surface area contributed by atoms with Crippen molar-refractivity contribution in [1.29, 1.82) is 0 Å². The van der Waals surface area contributed by atoms with Crippen molar-refractivity contribution < 1.29 is 51.5 Å². The zero-order chi connectivity index (χ0) is 35.5. The summed E-state index contributed by atoms with van der Waals surface area (Å²) in [4.78, 5) is 12.1. The van der Waals surface area contributed by atoms with Gasteiger partial charge in [0.2, 0.25) is 0 Å². The molecule has 19 heteroatoms. The SMILES string of the molecule is CCCCCCCC1(c2nc(SCC)nc(SCC)n2)c2cc(S(=O)(=O)OC(F)(F)F)ccc2-c2ccc(S(=O)(=O)OC(F)(F)F)cc21. The van der Waals surface area contributed by atoms with Crippen LogP contribution < -0.4 is 0 Å². The highest BCUT2D eigenvalue weighted by molar-refractivity contribution is 7.99. The Hall–Kier alpha value is -2.45. The van der Waals surface area contributed by atoms with E-state index in [9.17, 15) is 43.2 Å². The molecule has 1 aromatic heterocycles. The van der Waals surface area contributed by atoms with Crippen molar-refractivity contribution in [3.8, 4) is 11.1 Å². The number of benzene rings is 2. The van der Waals surface area contributed by atoms with E-state index in [1.165, 1.54) is 35.7 Å². The predicted molar refractivity (Wildman–Crippen MR) is 166 cm³/mol. The van der Waals surface area contributed by atoms with E-state index in [0.717, 1.165) is 43.5 Å². The van der Waals surface area contributed by atoms with Crippen molar-refractivity contribution in [2.75, 3.05) is 11.5 Å². The first-order valence-electron chi connectivity index (χ1n) is 14.7. The molecule has 0 unspecified atom stereocenters. The van der Waals surface area contributed by atoms with Gasteiger partial charge in [-0.15, -0.1) is 26.3 Å². The molecule has 0 aliphatic heterocycles. The largest absolute Gasteiger partial charge is 0.537 e. The molecule has 0 spiro atoms. The van der Waals surface area contributed by atoms with Crippen molar-refractivity contribution in [3.05, 3.63) is 53.3 Å². The summed E-state index contributed by atoms with van der Waals surface area (Å²) in [5.74, 6) is 1.09.